The predicted molar refractivity (Wildman–Crippen MR) is 120 cm³/mol. The van der Waals surface area contributed by atoms with E-state index in [1.165, 1.54) is 6.26 Å². The van der Waals surface area contributed by atoms with Crippen molar-refractivity contribution < 1.29 is 8.42 Å². The van der Waals surface area contributed by atoms with E-state index in [0.717, 1.165) is 27.8 Å². The highest BCUT2D eigenvalue weighted by Crippen LogP contribution is 2.21. The summed E-state index contributed by atoms with van der Waals surface area (Å²) in [5, 5.41) is 8.94. The van der Waals surface area contributed by atoms with E-state index in [-0.39, 0.29) is 4.90 Å². The topological polar surface area (TPSA) is 89.2 Å². The van der Waals surface area contributed by atoms with Gasteiger partial charge in [-0.1, -0.05) is 18.2 Å². The minimum atomic E-state index is -3.28. The van der Waals surface area contributed by atoms with Crippen LogP contribution in [-0.4, -0.2) is 34.3 Å². The van der Waals surface area contributed by atoms with Gasteiger partial charge in [-0.05, 0) is 54.1 Å². The van der Waals surface area contributed by atoms with Crippen molar-refractivity contribution in [2.75, 3.05) is 11.6 Å². The number of nitrogens with zero attached hydrogens (tertiary/aromatic N) is 4. The van der Waals surface area contributed by atoms with Crippen molar-refractivity contribution in [3.05, 3.63) is 90.4 Å². The van der Waals surface area contributed by atoms with Crippen LogP contribution in [-0.2, 0) is 16.3 Å². The lowest BCUT2D eigenvalue weighted by molar-refractivity contribution is 0.602. The van der Waals surface area contributed by atoms with Crippen LogP contribution in [0.15, 0.2) is 84.0 Å². The number of rotatable bonds is 5. The van der Waals surface area contributed by atoms with Gasteiger partial charge in [0.15, 0.2) is 21.3 Å². The van der Waals surface area contributed by atoms with Gasteiger partial charge in [0.25, 0.3) is 0 Å². The van der Waals surface area contributed by atoms with Gasteiger partial charge in [0.05, 0.1) is 22.3 Å². The van der Waals surface area contributed by atoms with Gasteiger partial charge in [-0.15, -0.1) is 5.10 Å². The summed E-state index contributed by atoms with van der Waals surface area (Å²) >= 11 is 0. The normalized spacial score (nSPS) is 11.8. The lowest BCUT2D eigenvalue weighted by atomic mass is 10.1. The van der Waals surface area contributed by atoms with E-state index in [1.807, 2.05) is 36.5 Å². The summed E-state index contributed by atoms with van der Waals surface area (Å²) in [6.07, 6.45) is 5.48. The van der Waals surface area contributed by atoms with Crippen molar-refractivity contribution in [1.82, 2.24) is 19.6 Å². The predicted octanol–water partition coefficient (Wildman–Crippen LogP) is 4.02. The maximum Gasteiger partial charge on any atom is 0.175 e. The van der Waals surface area contributed by atoms with Crippen LogP contribution in [0.2, 0.25) is 0 Å². The number of nitrogens with one attached hydrogen (secondary N) is 1. The number of benzene rings is 2. The number of imidazole rings is 1. The van der Waals surface area contributed by atoms with Crippen molar-refractivity contribution in [3.8, 4) is 0 Å². The zero-order valence-electron chi connectivity index (χ0n) is 16.7. The standard InChI is InChI=1S/C23H19N5O2S/c1-31(29,30)20-6-2-5-18(14-20)26-22-9-10-23-25-15-19(28(23)27-22)13-16-7-8-21-17(12-16)4-3-11-24-21/h2-12,14-15H,13H2,1H3,(H,26,27). The average molecular weight is 430 g/mol. The smallest absolute Gasteiger partial charge is 0.175 e. The number of hydrogen-bond acceptors (Lipinski definition) is 6. The summed E-state index contributed by atoms with van der Waals surface area (Å²) in [6.45, 7) is 0. The maximum absolute atomic E-state index is 11.8. The highest BCUT2D eigenvalue weighted by atomic mass is 32.2. The number of sulfone groups is 1. The Hall–Kier alpha value is -3.78. The van der Waals surface area contributed by atoms with Gasteiger partial charge in [-0.2, -0.15) is 0 Å². The van der Waals surface area contributed by atoms with E-state index in [1.54, 1.807) is 35.0 Å². The largest absolute Gasteiger partial charge is 0.339 e. The Morgan fingerprint density at radius 1 is 0.968 bits per heavy atom. The molecule has 0 spiro atoms. The van der Waals surface area contributed by atoms with E-state index in [9.17, 15) is 8.42 Å². The van der Waals surface area contributed by atoms with Crippen LogP contribution in [0.1, 0.15) is 11.3 Å². The van der Waals surface area contributed by atoms with Gasteiger partial charge in [0, 0.05) is 29.9 Å². The van der Waals surface area contributed by atoms with Crippen molar-refractivity contribution in [2.24, 2.45) is 0 Å². The molecule has 0 aliphatic heterocycles. The van der Waals surface area contributed by atoms with Crippen molar-refractivity contribution >= 4 is 37.9 Å². The molecule has 2 aromatic carbocycles. The summed E-state index contributed by atoms with van der Waals surface area (Å²) in [5.41, 5.74) is 4.45. The van der Waals surface area contributed by atoms with E-state index in [4.69, 9.17) is 0 Å². The Bertz CT molecular complexity index is 1530. The van der Waals surface area contributed by atoms with E-state index < -0.39 is 9.84 Å². The minimum Gasteiger partial charge on any atom is -0.339 e. The van der Waals surface area contributed by atoms with Gasteiger partial charge in [0.2, 0.25) is 0 Å². The van der Waals surface area contributed by atoms with Crippen LogP contribution in [0, 0.1) is 0 Å². The third-order valence-corrected chi connectivity index (χ3v) is 6.13. The molecule has 0 bridgehead atoms. The van der Waals surface area contributed by atoms with Gasteiger partial charge >= 0.3 is 0 Å². The molecular weight excluding hydrogens is 410 g/mol. The first-order valence-electron chi connectivity index (χ1n) is 9.70. The fourth-order valence-electron chi connectivity index (χ4n) is 3.50. The second-order valence-corrected chi connectivity index (χ2v) is 9.39. The first-order chi connectivity index (χ1) is 15.0. The van der Waals surface area contributed by atoms with E-state index >= 15 is 0 Å². The van der Waals surface area contributed by atoms with E-state index in [2.05, 4.69) is 32.5 Å². The zero-order chi connectivity index (χ0) is 21.4. The third-order valence-electron chi connectivity index (χ3n) is 5.02. The Morgan fingerprint density at radius 3 is 2.74 bits per heavy atom. The highest BCUT2D eigenvalue weighted by Gasteiger charge is 2.10. The summed E-state index contributed by atoms with van der Waals surface area (Å²) in [6, 6.07) is 20.6. The molecule has 0 aliphatic carbocycles. The molecule has 0 radical (unpaired) electrons. The second-order valence-electron chi connectivity index (χ2n) is 7.37. The molecule has 0 saturated carbocycles. The molecule has 0 amide bonds. The molecule has 5 aromatic rings. The maximum atomic E-state index is 11.8. The molecule has 0 unspecified atom stereocenters. The lowest BCUT2D eigenvalue weighted by Crippen LogP contribution is -2.03. The summed E-state index contributed by atoms with van der Waals surface area (Å²) < 4.78 is 25.4. The van der Waals surface area contributed by atoms with Gasteiger partial charge < -0.3 is 5.32 Å². The molecule has 3 heterocycles. The number of fused-ring (bicyclic) bond motifs is 2. The molecule has 0 aliphatic rings. The fourth-order valence-corrected chi connectivity index (χ4v) is 4.17. The van der Waals surface area contributed by atoms with Crippen LogP contribution < -0.4 is 5.32 Å². The molecule has 154 valence electrons. The minimum absolute atomic E-state index is 0.257. The second kappa shape index (κ2) is 7.48. The molecule has 0 atom stereocenters. The van der Waals surface area contributed by atoms with Crippen LogP contribution in [0.25, 0.3) is 16.6 Å². The molecule has 0 saturated heterocycles. The van der Waals surface area contributed by atoms with Gasteiger partial charge in [0.1, 0.15) is 0 Å². The fraction of sp³-hybridized carbons (Fsp3) is 0.0870. The van der Waals surface area contributed by atoms with Crippen LogP contribution in [0.4, 0.5) is 11.5 Å². The van der Waals surface area contributed by atoms with Crippen molar-refractivity contribution in [2.45, 2.75) is 11.3 Å². The summed E-state index contributed by atoms with van der Waals surface area (Å²) in [7, 11) is -3.28. The average Bonchev–Trinajstić information content (AvgIpc) is 3.15. The van der Waals surface area contributed by atoms with Crippen LogP contribution >= 0.6 is 0 Å². The third kappa shape index (κ3) is 3.97. The monoisotopic (exact) mass is 429 g/mol. The molecular formula is C23H19N5O2S. The molecule has 5 rings (SSSR count). The first-order valence-corrected chi connectivity index (χ1v) is 11.6. The summed E-state index contributed by atoms with van der Waals surface area (Å²) in [5.74, 6) is 0.597. The SMILES string of the molecule is CS(=O)(=O)c1cccc(Nc2ccc3ncc(Cc4ccc5ncccc5c4)n3n2)c1. The quantitative estimate of drug-likeness (QED) is 0.454. The molecule has 1 N–H and O–H groups in total. The van der Waals surface area contributed by atoms with E-state index in [0.29, 0.717) is 17.9 Å². The molecule has 8 heteroatoms. The Morgan fingerprint density at radius 2 is 1.87 bits per heavy atom. The summed E-state index contributed by atoms with van der Waals surface area (Å²) in [4.78, 5) is 9.08. The Labute approximate surface area is 179 Å². The molecule has 0 fully saturated rings. The number of anilines is 2. The van der Waals surface area contributed by atoms with Crippen molar-refractivity contribution in [1.29, 1.82) is 0 Å². The number of aromatic nitrogens is 4. The molecule has 31 heavy (non-hydrogen) atoms. The zero-order valence-corrected chi connectivity index (χ0v) is 17.5. The number of pyridine rings is 1. The lowest BCUT2D eigenvalue weighted by Gasteiger charge is -2.09. The first kappa shape index (κ1) is 19.2. The molecule has 7 nitrogen and oxygen atoms in total. The molecule has 3 aromatic heterocycles. The Balaban J connectivity index is 1.45. The Kier molecular flexibility index (Phi) is 4.63. The van der Waals surface area contributed by atoms with Gasteiger partial charge in [-0.3, -0.25) is 4.98 Å². The number of hydrogen-bond donors (Lipinski definition) is 1. The highest BCUT2D eigenvalue weighted by molar-refractivity contribution is 7.90. The van der Waals surface area contributed by atoms with Crippen molar-refractivity contribution in [3.63, 3.8) is 0 Å². The van der Waals surface area contributed by atoms with Crippen LogP contribution in [0.3, 0.4) is 0 Å². The van der Waals surface area contributed by atoms with Crippen LogP contribution in [0.5, 0.6) is 0 Å². The van der Waals surface area contributed by atoms with Gasteiger partial charge in [-0.25, -0.2) is 17.9 Å².